The van der Waals surface area contributed by atoms with Crippen LogP contribution in [-0.4, -0.2) is 20.3 Å². The Balaban J connectivity index is 2.66. The molecule has 102 valence electrons. The van der Waals surface area contributed by atoms with Crippen LogP contribution in [-0.2, 0) is 11.2 Å². The lowest BCUT2D eigenvalue weighted by molar-refractivity contribution is 0.114. The molecule has 0 aliphatic carbocycles. The van der Waals surface area contributed by atoms with Gasteiger partial charge in [0.15, 0.2) is 0 Å². The fourth-order valence-corrected chi connectivity index (χ4v) is 2.10. The molecule has 0 fully saturated rings. The Hall–Kier alpha value is -0.860. The van der Waals surface area contributed by atoms with Crippen molar-refractivity contribution in [2.24, 2.45) is 5.92 Å². The molecular weight excluding hydrogens is 222 g/mol. The quantitative estimate of drug-likeness (QED) is 0.711. The third-order valence-corrected chi connectivity index (χ3v) is 2.98. The van der Waals surface area contributed by atoms with E-state index in [0.717, 1.165) is 26.1 Å². The summed E-state index contributed by atoms with van der Waals surface area (Å²) in [6.07, 6.45) is 2.21. The average Bonchev–Trinajstić information content (AvgIpc) is 2.34. The third kappa shape index (κ3) is 5.19. The maximum Gasteiger partial charge on any atom is 0.0661 e. The summed E-state index contributed by atoms with van der Waals surface area (Å²) >= 11 is 0. The van der Waals surface area contributed by atoms with Crippen LogP contribution < -0.4 is 5.32 Å². The second-order valence-electron chi connectivity index (χ2n) is 5.26. The number of hydrogen-bond acceptors (Lipinski definition) is 2. The van der Waals surface area contributed by atoms with E-state index < -0.39 is 0 Å². The molecule has 1 atom stereocenters. The Morgan fingerprint density at radius 1 is 1.28 bits per heavy atom. The molecule has 1 unspecified atom stereocenters. The highest BCUT2D eigenvalue weighted by Gasteiger charge is 2.10. The van der Waals surface area contributed by atoms with Crippen LogP contribution in [0.4, 0.5) is 0 Å². The van der Waals surface area contributed by atoms with E-state index in [2.05, 4.69) is 50.4 Å². The highest BCUT2D eigenvalue weighted by molar-refractivity contribution is 5.26. The smallest absolute Gasteiger partial charge is 0.0661 e. The van der Waals surface area contributed by atoms with E-state index >= 15 is 0 Å². The molecule has 0 heterocycles. The van der Waals surface area contributed by atoms with Gasteiger partial charge in [-0.05, 0) is 36.9 Å². The number of nitrogens with one attached hydrogen (secondary N) is 1. The van der Waals surface area contributed by atoms with E-state index in [1.165, 1.54) is 11.1 Å². The second-order valence-corrected chi connectivity index (χ2v) is 5.26. The topological polar surface area (TPSA) is 21.3 Å². The maximum atomic E-state index is 5.65. The van der Waals surface area contributed by atoms with Gasteiger partial charge in [-0.25, -0.2) is 0 Å². The van der Waals surface area contributed by atoms with Crippen molar-refractivity contribution in [1.29, 1.82) is 0 Å². The predicted octanol–water partition coefficient (Wildman–Crippen LogP) is 3.57. The number of rotatable bonds is 8. The highest BCUT2D eigenvalue weighted by atomic mass is 16.5. The average molecular weight is 249 g/mol. The van der Waals surface area contributed by atoms with Crippen LogP contribution >= 0.6 is 0 Å². The van der Waals surface area contributed by atoms with Gasteiger partial charge in [-0.1, -0.05) is 45.0 Å². The van der Waals surface area contributed by atoms with E-state index in [1.54, 1.807) is 0 Å². The zero-order valence-corrected chi connectivity index (χ0v) is 12.2. The van der Waals surface area contributed by atoms with Gasteiger partial charge in [0.1, 0.15) is 0 Å². The van der Waals surface area contributed by atoms with Crippen LogP contribution in [0.5, 0.6) is 0 Å². The minimum absolute atomic E-state index is 0.295. The van der Waals surface area contributed by atoms with Gasteiger partial charge < -0.3 is 10.1 Å². The monoisotopic (exact) mass is 249 g/mol. The molecule has 0 aromatic heterocycles. The molecule has 0 saturated carbocycles. The Morgan fingerprint density at radius 2 is 2.06 bits per heavy atom. The minimum Gasteiger partial charge on any atom is -0.379 e. The summed E-state index contributed by atoms with van der Waals surface area (Å²) in [5.41, 5.74) is 2.74. The van der Waals surface area contributed by atoms with E-state index in [1.807, 2.05) is 7.05 Å². The van der Waals surface area contributed by atoms with Gasteiger partial charge >= 0.3 is 0 Å². The largest absolute Gasteiger partial charge is 0.379 e. The van der Waals surface area contributed by atoms with Crippen molar-refractivity contribution < 1.29 is 4.74 Å². The van der Waals surface area contributed by atoms with Gasteiger partial charge in [0, 0.05) is 6.61 Å². The molecule has 0 amide bonds. The maximum absolute atomic E-state index is 5.65. The van der Waals surface area contributed by atoms with Gasteiger partial charge in [-0.15, -0.1) is 0 Å². The number of ether oxygens (including phenoxy) is 1. The van der Waals surface area contributed by atoms with Crippen molar-refractivity contribution in [1.82, 2.24) is 5.32 Å². The fourth-order valence-electron chi connectivity index (χ4n) is 2.10. The molecule has 1 aromatic rings. The summed E-state index contributed by atoms with van der Waals surface area (Å²) < 4.78 is 5.65. The standard InChI is InChI=1S/C16H27NO/c1-5-9-18-12-16(17-4)15-8-6-7-14(11-15)10-13(2)3/h6-8,11,13,16-17H,5,9-10,12H2,1-4H3. The lowest BCUT2D eigenvalue weighted by Crippen LogP contribution is -2.22. The van der Waals surface area contributed by atoms with Crippen LogP contribution in [0, 0.1) is 5.92 Å². The SMILES string of the molecule is CCCOCC(NC)c1cccc(CC(C)C)c1. The van der Waals surface area contributed by atoms with Crippen LogP contribution in [0.15, 0.2) is 24.3 Å². The molecule has 2 nitrogen and oxygen atoms in total. The fraction of sp³-hybridized carbons (Fsp3) is 0.625. The summed E-state index contributed by atoms with van der Waals surface area (Å²) in [7, 11) is 2.00. The van der Waals surface area contributed by atoms with Crippen molar-refractivity contribution >= 4 is 0 Å². The van der Waals surface area contributed by atoms with E-state index in [-0.39, 0.29) is 0 Å². The highest BCUT2D eigenvalue weighted by Crippen LogP contribution is 2.17. The van der Waals surface area contributed by atoms with E-state index in [4.69, 9.17) is 4.74 Å². The van der Waals surface area contributed by atoms with Crippen LogP contribution in [0.1, 0.15) is 44.4 Å². The molecule has 0 spiro atoms. The van der Waals surface area contributed by atoms with Crippen LogP contribution in [0.3, 0.4) is 0 Å². The molecular formula is C16H27NO. The Kier molecular flexibility index (Phi) is 6.99. The van der Waals surface area contributed by atoms with Gasteiger partial charge in [0.05, 0.1) is 12.6 Å². The molecule has 1 N–H and O–H groups in total. The van der Waals surface area contributed by atoms with E-state index in [9.17, 15) is 0 Å². The van der Waals surface area contributed by atoms with Gasteiger partial charge in [0.25, 0.3) is 0 Å². The Labute approximate surface area is 112 Å². The summed E-state index contributed by atoms with van der Waals surface area (Å²) in [4.78, 5) is 0. The van der Waals surface area contributed by atoms with E-state index in [0.29, 0.717) is 12.0 Å². The number of hydrogen-bond donors (Lipinski definition) is 1. The Morgan fingerprint density at radius 3 is 2.67 bits per heavy atom. The normalized spacial score (nSPS) is 12.9. The number of benzene rings is 1. The van der Waals surface area contributed by atoms with Crippen molar-refractivity contribution in [3.8, 4) is 0 Å². The number of likely N-dealkylation sites (N-methyl/N-ethyl adjacent to an activating group) is 1. The van der Waals surface area contributed by atoms with Crippen molar-refractivity contribution in [2.45, 2.75) is 39.7 Å². The van der Waals surface area contributed by atoms with Crippen LogP contribution in [0.25, 0.3) is 0 Å². The molecule has 0 saturated heterocycles. The minimum atomic E-state index is 0.295. The molecule has 1 rings (SSSR count). The second kappa shape index (κ2) is 8.28. The van der Waals surface area contributed by atoms with Crippen molar-refractivity contribution in [3.05, 3.63) is 35.4 Å². The zero-order chi connectivity index (χ0) is 13.4. The Bertz CT molecular complexity index is 336. The summed E-state index contributed by atoms with van der Waals surface area (Å²) in [6, 6.07) is 9.14. The first kappa shape index (κ1) is 15.2. The van der Waals surface area contributed by atoms with Gasteiger partial charge in [-0.3, -0.25) is 0 Å². The molecule has 18 heavy (non-hydrogen) atoms. The van der Waals surface area contributed by atoms with Gasteiger partial charge in [-0.2, -0.15) is 0 Å². The summed E-state index contributed by atoms with van der Waals surface area (Å²) in [5.74, 6) is 0.699. The lowest BCUT2D eigenvalue weighted by atomic mass is 9.98. The molecule has 0 aliphatic rings. The van der Waals surface area contributed by atoms with Crippen LogP contribution in [0.2, 0.25) is 0 Å². The lowest BCUT2D eigenvalue weighted by Gasteiger charge is -2.18. The molecule has 2 heteroatoms. The first-order chi connectivity index (χ1) is 8.67. The zero-order valence-electron chi connectivity index (χ0n) is 12.2. The summed E-state index contributed by atoms with van der Waals surface area (Å²) in [5, 5.41) is 3.33. The molecule has 0 aliphatic heterocycles. The predicted molar refractivity (Wildman–Crippen MR) is 77.9 cm³/mol. The molecule has 1 aromatic carbocycles. The molecule has 0 bridgehead atoms. The van der Waals surface area contributed by atoms with Crippen molar-refractivity contribution in [3.63, 3.8) is 0 Å². The van der Waals surface area contributed by atoms with Crippen molar-refractivity contribution in [2.75, 3.05) is 20.3 Å². The summed E-state index contributed by atoms with van der Waals surface area (Å²) in [6.45, 7) is 8.23. The van der Waals surface area contributed by atoms with Gasteiger partial charge in [0.2, 0.25) is 0 Å². The third-order valence-electron chi connectivity index (χ3n) is 2.98. The first-order valence-electron chi connectivity index (χ1n) is 7.01. The molecule has 0 radical (unpaired) electrons. The first-order valence-corrected chi connectivity index (χ1v) is 7.01.